The van der Waals surface area contributed by atoms with Gasteiger partial charge >= 0.3 is 0 Å². The van der Waals surface area contributed by atoms with Crippen LogP contribution in [-0.4, -0.2) is 19.5 Å². The summed E-state index contributed by atoms with van der Waals surface area (Å²) in [4.78, 5) is 0. The van der Waals surface area contributed by atoms with Crippen LogP contribution in [0.3, 0.4) is 0 Å². The van der Waals surface area contributed by atoms with Gasteiger partial charge < -0.3 is 4.57 Å². The maximum atomic E-state index is 11.6. The number of hydrogen-bond acceptors (Lipinski definition) is 1. The van der Waals surface area contributed by atoms with E-state index in [0.717, 1.165) is 6.16 Å². The van der Waals surface area contributed by atoms with Crippen molar-refractivity contribution in [3.05, 3.63) is 0 Å². The van der Waals surface area contributed by atoms with E-state index in [1.165, 1.54) is 122 Å². The molecule has 0 atom stereocenters. The lowest BCUT2D eigenvalue weighted by Crippen LogP contribution is -1.87. The molecule has 1 nitrogen and oxygen atoms in total. The first kappa shape index (κ1) is 25.2. The van der Waals surface area contributed by atoms with E-state index in [4.69, 9.17) is 0 Å². The Balaban J connectivity index is 3.02. The molecule has 0 fully saturated rings. The molecule has 0 aliphatic rings. The molecule has 2 heteroatoms. The molecule has 0 aliphatic heterocycles. The smallest absolute Gasteiger partial charge is 0.0819 e. The molecule has 0 saturated carbocycles. The Kier molecular flexibility index (Phi) is 19.2. The lowest BCUT2D eigenvalue weighted by molar-refractivity contribution is 0.524. The fourth-order valence-electron chi connectivity index (χ4n) is 3.57. The molecule has 0 N–H and O–H groups in total. The van der Waals surface area contributed by atoms with Crippen molar-refractivity contribution in [1.82, 2.24) is 0 Å². The maximum absolute atomic E-state index is 11.6. The molecule has 0 bridgehead atoms. The summed E-state index contributed by atoms with van der Waals surface area (Å²) in [5.74, 6) is 0. The third kappa shape index (κ3) is 24.2. The molecule has 25 heavy (non-hydrogen) atoms. The molecule has 0 spiro atoms. The van der Waals surface area contributed by atoms with E-state index in [9.17, 15) is 4.57 Å². The molecule has 152 valence electrons. The van der Waals surface area contributed by atoms with Crippen LogP contribution in [0.2, 0.25) is 0 Å². The average molecular weight is 373 g/mol. The Morgan fingerprint density at radius 1 is 0.440 bits per heavy atom. The highest BCUT2D eigenvalue weighted by Crippen LogP contribution is 2.36. The summed E-state index contributed by atoms with van der Waals surface area (Å²) in [5, 5.41) is 0. The van der Waals surface area contributed by atoms with E-state index in [1.54, 1.807) is 0 Å². The van der Waals surface area contributed by atoms with Gasteiger partial charge in [0.2, 0.25) is 0 Å². The Morgan fingerprint density at radius 2 is 0.680 bits per heavy atom. The molecule has 0 aromatic rings. The van der Waals surface area contributed by atoms with Crippen LogP contribution in [0.25, 0.3) is 0 Å². The van der Waals surface area contributed by atoms with E-state index >= 15 is 0 Å². The van der Waals surface area contributed by atoms with Crippen molar-refractivity contribution in [2.75, 3.05) is 19.5 Å². The van der Waals surface area contributed by atoms with Gasteiger partial charge in [0.05, 0.1) is 7.14 Å². The largest absolute Gasteiger partial charge is 0.324 e. The van der Waals surface area contributed by atoms with Crippen molar-refractivity contribution in [2.24, 2.45) is 0 Å². The summed E-state index contributed by atoms with van der Waals surface area (Å²) in [6.45, 7) is 6.13. The quantitative estimate of drug-likeness (QED) is 0.154. The van der Waals surface area contributed by atoms with Crippen LogP contribution < -0.4 is 0 Å². The summed E-state index contributed by atoms with van der Waals surface area (Å²) in [5.41, 5.74) is 0. The molecule has 0 aliphatic carbocycles. The predicted molar refractivity (Wildman–Crippen MR) is 118 cm³/mol. The fraction of sp³-hybridized carbons (Fsp3) is 1.00. The average Bonchev–Trinajstić information content (AvgIpc) is 2.56. The van der Waals surface area contributed by atoms with Gasteiger partial charge in [-0.15, -0.1) is 0 Å². The number of rotatable bonds is 20. The number of unbranched alkanes of at least 4 members (excludes halogenated alkanes) is 18. The minimum Gasteiger partial charge on any atom is -0.324 e. The molecule has 0 radical (unpaired) electrons. The van der Waals surface area contributed by atoms with Gasteiger partial charge in [-0.3, -0.25) is 0 Å². The fourth-order valence-corrected chi connectivity index (χ4v) is 4.56. The molecular formula is C23H49OP. The Labute approximate surface area is 160 Å². The van der Waals surface area contributed by atoms with Gasteiger partial charge in [-0.1, -0.05) is 122 Å². The first-order valence-electron chi connectivity index (χ1n) is 11.6. The zero-order chi connectivity index (χ0) is 18.6. The second-order valence-corrected chi connectivity index (χ2v) is 12.3. The maximum Gasteiger partial charge on any atom is 0.0819 e. The van der Waals surface area contributed by atoms with Crippen LogP contribution in [0.1, 0.15) is 129 Å². The second-order valence-electron chi connectivity index (χ2n) is 8.66. The Hall–Kier alpha value is 0.230. The van der Waals surface area contributed by atoms with Crippen molar-refractivity contribution >= 4 is 7.14 Å². The first-order chi connectivity index (χ1) is 12.1. The zero-order valence-corrected chi connectivity index (χ0v) is 18.9. The summed E-state index contributed by atoms with van der Waals surface area (Å²) < 4.78 is 11.6. The van der Waals surface area contributed by atoms with E-state index in [0.29, 0.717) is 0 Å². The SMILES string of the molecule is CCCCCCCCCCCCCCCCCCCCCP(C)(C)=O. The monoisotopic (exact) mass is 372 g/mol. The predicted octanol–water partition coefficient (Wildman–Crippen LogP) is 9.04. The summed E-state index contributed by atoms with van der Waals surface area (Å²) in [6, 6.07) is 0. The minimum absolute atomic E-state index is 0.950. The zero-order valence-electron chi connectivity index (χ0n) is 18.0. The lowest BCUT2D eigenvalue weighted by atomic mass is 10.0. The molecule has 0 aromatic carbocycles. The van der Waals surface area contributed by atoms with Gasteiger partial charge in [-0.05, 0) is 19.8 Å². The van der Waals surface area contributed by atoms with Crippen molar-refractivity contribution in [1.29, 1.82) is 0 Å². The van der Waals surface area contributed by atoms with Crippen molar-refractivity contribution in [3.63, 3.8) is 0 Å². The van der Waals surface area contributed by atoms with Gasteiger partial charge in [0.15, 0.2) is 0 Å². The van der Waals surface area contributed by atoms with Crippen LogP contribution in [0.15, 0.2) is 0 Å². The minimum atomic E-state index is -1.76. The van der Waals surface area contributed by atoms with Gasteiger partial charge in [0.1, 0.15) is 0 Å². The molecule has 0 unspecified atom stereocenters. The highest BCUT2D eigenvalue weighted by molar-refractivity contribution is 7.62. The standard InChI is InChI=1S/C23H49OP/c1-4-5-6-7-8-9-10-11-12-13-14-15-16-17-18-19-20-21-22-23-25(2,3)24/h4-23H2,1-3H3. The van der Waals surface area contributed by atoms with Crippen molar-refractivity contribution in [2.45, 2.75) is 129 Å². The van der Waals surface area contributed by atoms with Crippen LogP contribution in [0.5, 0.6) is 0 Å². The van der Waals surface area contributed by atoms with Gasteiger partial charge in [0, 0.05) is 6.16 Å². The highest BCUT2D eigenvalue weighted by Gasteiger charge is 2.05. The molecule has 0 rings (SSSR count). The molecule has 0 heterocycles. The lowest BCUT2D eigenvalue weighted by Gasteiger charge is -2.06. The molecule has 0 amide bonds. The Bertz CT molecular complexity index is 294. The summed E-state index contributed by atoms with van der Waals surface area (Å²) >= 11 is 0. The van der Waals surface area contributed by atoms with E-state index < -0.39 is 7.14 Å². The Morgan fingerprint density at radius 3 is 0.920 bits per heavy atom. The number of hydrogen-bond donors (Lipinski definition) is 0. The van der Waals surface area contributed by atoms with Gasteiger partial charge in [0.25, 0.3) is 0 Å². The highest BCUT2D eigenvalue weighted by atomic mass is 31.2. The third-order valence-electron chi connectivity index (χ3n) is 5.30. The van der Waals surface area contributed by atoms with Crippen molar-refractivity contribution in [3.8, 4) is 0 Å². The van der Waals surface area contributed by atoms with E-state index in [1.807, 2.05) is 13.3 Å². The first-order valence-corrected chi connectivity index (χ1v) is 14.4. The van der Waals surface area contributed by atoms with Crippen molar-refractivity contribution < 1.29 is 4.57 Å². The topological polar surface area (TPSA) is 17.1 Å². The van der Waals surface area contributed by atoms with Crippen LogP contribution >= 0.6 is 7.14 Å². The normalized spacial score (nSPS) is 12.0. The van der Waals surface area contributed by atoms with Gasteiger partial charge in [-0.25, -0.2) is 0 Å². The second kappa shape index (κ2) is 19.0. The third-order valence-corrected chi connectivity index (χ3v) is 6.69. The summed E-state index contributed by atoms with van der Waals surface area (Å²) in [7, 11) is -1.76. The molecular weight excluding hydrogens is 323 g/mol. The van der Waals surface area contributed by atoms with Crippen LogP contribution in [0, 0.1) is 0 Å². The van der Waals surface area contributed by atoms with Crippen LogP contribution in [0.4, 0.5) is 0 Å². The van der Waals surface area contributed by atoms with E-state index in [2.05, 4.69) is 6.92 Å². The van der Waals surface area contributed by atoms with Gasteiger partial charge in [-0.2, -0.15) is 0 Å². The molecule has 0 saturated heterocycles. The van der Waals surface area contributed by atoms with E-state index in [-0.39, 0.29) is 0 Å². The van der Waals surface area contributed by atoms with Crippen LogP contribution in [-0.2, 0) is 4.57 Å². The molecule has 0 aromatic heterocycles. The summed E-state index contributed by atoms with van der Waals surface area (Å²) in [6.07, 6.45) is 27.8.